The fourth-order valence-corrected chi connectivity index (χ4v) is 10.5. The summed E-state index contributed by atoms with van der Waals surface area (Å²) in [5, 5.41) is 54.5. The number of ether oxygens (including phenoxy) is 3. The highest BCUT2D eigenvalue weighted by Crippen LogP contribution is 2.23. The summed E-state index contributed by atoms with van der Waals surface area (Å²) in [5.41, 5.74) is 0. The lowest BCUT2D eigenvalue weighted by Crippen LogP contribution is -2.60. The molecule has 0 bridgehead atoms. The number of esters is 1. The molecule has 0 radical (unpaired) electrons. The van der Waals surface area contributed by atoms with E-state index in [2.05, 4.69) is 79.9 Å². The molecule has 7 unspecified atom stereocenters. The number of amides is 1. The van der Waals surface area contributed by atoms with Crippen LogP contribution in [0.1, 0.15) is 309 Å². The van der Waals surface area contributed by atoms with Crippen molar-refractivity contribution >= 4 is 11.9 Å². The molecule has 0 aromatic heterocycles. The van der Waals surface area contributed by atoms with Crippen LogP contribution in [0.4, 0.5) is 0 Å². The van der Waals surface area contributed by atoms with E-state index in [1.807, 2.05) is 6.08 Å². The standard InChI is InChI=1S/C72H129NO10/c1-3-5-7-9-11-13-15-17-31-35-38-42-46-50-54-58-65(75)64(63-82-72-71(80)70(79)69(78)66(62-74)83-72)73-67(76)59-55-51-47-43-39-36-32-29-27-25-23-21-19-18-20-22-24-26-28-30-33-37-41-45-49-53-57-61-81-68(77)60-56-52-48-44-40-34-16-14-12-10-8-6-4-2/h8,10,14,16,18-19,22,24,38,42,54,58,64-66,69-72,74-75,78-80H,3-7,9,11-13,15,17,20-21,23,25-37,39-41,43-53,55-57,59-63H2,1-2H3,(H,73,76)/b10-8-,16-14-,19-18-,24-22-,42-38+,58-54+. The molecule has 0 aromatic rings. The van der Waals surface area contributed by atoms with Gasteiger partial charge in [-0.25, -0.2) is 0 Å². The first kappa shape index (κ1) is 78.1. The Bertz CT molecular complexity index is 1610. The van der Waals surface area contributed by atoms with Crippen molar-refractivity contribution in [2.45, 2.75) is 352 Å². The van der Waals surface area contributed by atoms with Crippen LogP contribution in [0.3, 0.4) is 0 Å². The molecule has 1 saturated heterocycles. The summed E-state index contributed by atoms with van der Waals surface area (Å²) in [4.78, 5) is 25.1. The maximum absolute atomic E-state index is 13.1. The van der Waals surface area contributed by atoms with Crippen molar-refractivity contribution in [3.8, 4) is 0 Å². The van der Waals surface area contributed by atoms with Crippen LogP contribution in [0.25, 0.3) is 0 Å². The van der Waals surface area contributed by atoms with Crippen LogP contribution in [-0.4, -0.2) is 100 Å². The first-order valence-electron chi connectivity index (χ1n) is 34.7. The van der Waals surface area contributed by atoms with E-state index < -0.39 is 49.5 Å². The van der Waals surface area contributed by atoms with Gasteiger partial charge in [0.1, 0.15) is 24.4 Å². The monoisotopic (exact) mass is 1170 g/mol. The number of carbonyl (C=O) groups is 2. The second-order valence-electron chi connectivity index (χ2n) is 23.9. The van der Waals surface area contributed by atoms with Gasteiger partial charge in [-0.15, -0.1) is 0 Å². The lowest BCUT2D eigenvalue weighted by atomic mass is 9.99. The van der Waals surface area contributed by atoms with Crippen molar-refractivity contribution in [3.63, 3.8) is 0 Å². The number of carbonyl (C=O) groups excluding carboxylic acids is 2. The average Bonchev–Trinajstić information content (AvgIpc) is 3.56. The van der Waals surface area contributed by atoms with E-state index in [-0.39, 0.29) is 18.5 Å². The Kier molecular flexibility index (Phi) is 57.2. The zero-order valence-electron chi connectivity index (χ0n) is 53.4. The molecule has 482 valence electrons. The highest BCUT2D eigenvalue weighted by atomic mass is 16.7. The Balaban J connectivity index is 2.04. The molecule has 1 aliphatic heterocycles. The second kappa shape index (κ2) is 60.8. The molecule has 0 saturated carbocycles. The van der Waals surface area contributed by atoms with Crippen molar-refractivity contribution in [1.29, 1.82) is 0 Å². The average molecular weight is 1170 g/mol. The van der Waals surface area contributed by atoms with Gasteiger partial charge < -0.3 is 45.1 Å². The molecule has 11 nitrogen and oxygen atoms in total. The van der Waals surface area contributed by atoms with Crippen LogP contribution in [0, 0.1) is 0 Å². The normalized spacial score (nSPS) is 18.6. The molecule has 83 heavy (non-hydrogen) atoms. The van der Waals surface area contributed by atoms with Crippen LogP contribution >= 0.6 is 0 Å². The lowest BCUT2D eigenvalue weighted by molar-refractivity contribution is -0.302. The minimum atomic E-state index is -1.58. The summed E-state index contributed by atoms with van der Waals surface area (Å²) in [7, 11) is 0. The Morgan fingerprint density at radius 1 is 0.446 bits per heavy atom. The maximum Gasteiger partial charge on any atom is 0.305 e. The SMILES string of the molecule is CCC/C=C\C/C=C\CCCCCCCC(=O)OCCCCCCCCCCC/C=C\C/C=C\CCCCCCCCCCCCCC(=O)NC(COC1OC(CO)C(O)C(O)C1O)C(O)/C=C/CC/C=C/CCCCCCCCCCC. The number of nitrogens with one attached hydrogen (secondary N) is 1. The number of rotatable bonds is 60. The molecule has 6 N–H and O–H groups in total. The third-order valence-electron chi connectivity index (χ3n) is 16.0. The molecule has 0 spiro atoms. The van der Waals surface area contributed by atoms with Crippen molar-refractivity contribution in [2.24, 2.45) is 0 Å². The molecule has 0 aliphatic carbocycles. The van der Waals surface area contributed by atoms with Gasteiger partial charge in [0, 0.05) is 12.8 Å². The predicted octanol–water partition coefficient (Wildman–Crippen LogP) is 17.5. The van der Waals surface area contributed by atoms with E-state index in [0.717, 1.165) is 89.9 Å². The highest BCUT2D eigenvalue weighted by molar-refractivity contribution is 5.76. The van der Waals surface area contributed by atoms with Gasteiger partial charge in [-0.2, -0.15) is 0 Å². The fraction of sp³-hybridized carbons (Fsp3) is 0.806. The topological polar surface area (TPSA) is 175 Å². The van der Waals surface area contributed by atoms with Crippen LogP contribution in [0.15, 0.2) is 72.9 Å². The summed E-state index contributed by atoms with van der Waals surface area (Å²) < 4.78 is 16.7. The van der Waals surface area contributed by atoms with Gasteiger partial charge in [0.2, 0.25) is 5.91 Å². The molecular weight excluding hydrogens is 1040 g/mol. The van der Waals surface area contributed by atoms with Crippen molar-refractivity contribution in [3.05, 3.63) is 72.9 Å². The minimum Gasteiger partial charge on any atom is -0.466 e. The van der Waals surface area contributed by atoms with Crippen LogP contribution in [-0.2, 0) is 23.8 Å². The summed E-state index contributed by atoms with van der Waals surface area (Å²) >= 11 is 0. The quantitative estimate of drug-likeness (QED) is 0.0195. The van der Waals surface area contributed by atoms with E-state index in [0.29, 0.717) is 19.4 Å². The van der Waals surface area contributed by atoms with E-state index in [1.165, 1.54) is 193 Å². The molecule has 1 aliphatic rings. The minimum absolute atomic E-state index is 0.0152. The second-order valence-corrected chi connectivity index (χ2v) is 23.9. The first-order valence-corrected chi connectivity index (χ1v) is 34.7. The maximum atomic E-state index is 13.1. The number of hydrogen-bond acceptors (Lipinski definition) is 10. The van der Waals surface area contributed by atoms with Gasteiger partial charge in [0.15, 0.2) is 6.29 Å². The summed E-state index contributed by atoms with van der Waals surface area (Å²) in [6.07, 6.45) is 71.6. The van der Waals surface area contributed by atoms with Gasteiger partial charge >= 0.3 is 5.97 Å². The summed E-state index contributed by atoms with van der Waals surface area (Å²) in [6.45, 7) is 4.27. The smallest absolute Gasteiger partial charge is 0.305 e. The van der Waals surface area contributed by atoms with Gasteiger partial charge in [-0.1, -0.05) is 267 Å². The number of aliphatic hydroxyl groups is 5. The lowest BCUT2D eigenvalue weighted by Gasteiger charge is -2.40. The Hall–Kier alpha value is -2.90. The molecule has 1 amide bonds. The molecular formula is C72H129NO10. The molecule has 1 fully saturated rings. The van der Waals surface area contributed by atoms with Crippen molar-refractivity contribution in [2.75, 3.05) is 19.8 Å². The van der Waals surface area contributed by atoms with Gasteiger partial charge in [-0.05, 0) is 103 Å². The van der Waals surface area contributed by atoms with Crippen LogP contribution in [0.5, 0.6) is 0 Å². The predicted molar refractivity (Wildman–Crippen MR) is 347 cm³/mol. The number of allylic oxidation sites excluding steroid dienone is 11. The number of unbranched alkanes of at least 4 members (excludes halogenated alkanes) is 36. The third kappa shape index (κ3) is 49.9. The zero-order chi connectivity index (χ0) is 60.2. The number of hydrogen-bond donors (Lipinski definition) is 6. The summed E-state index contributed by atoms with van der Waals surface area (Å²) in [6, 6.07) is -0.832. The largest absolute Gasteiger partial charge is 0.466 e. The van der Waals surface area contributed by atoms with E-state index in [1.54, 1.807) is 6.08 Å². The first-order chi connectivity index (χ1) is 40.7. The Morgan fingerprint density at radius 3 is 1.31 bits per heavy atom. The van der Waals surface area contributed by atoms with Crippen LogP contribution < -0.4 is 5.32 Å². The molecule has 1 rings (SSSR count). The third-order valence-corrected chi connectivity index (χ3v) is 16.0. The van der Waals surface area contributed by atoms with Gasteiger partial charge in [0.05, 0.1) is 32.0 Å². The molecule has 1 heterocycles. The van der Waals surface area contributed by atoms with E-state index >= 15 is 0 Å². The fourth-order valence-electron chi connectivity index (χ4n) is 10.5. The van der Waals surface area contributed by atoms with Crippen molar-refractivity contribution < 1.29 is 49.3 Å². The van der Waals surface area contributed by atoms with Gasteiger partial charge in [-0.3, -0.25) is 9.59 Å². The Morgan fingerprint density at radius 2 is 0.843 bits per heavy atom. The zero-order valence-corrected chi connectivity index (χ0v) is 53.4. The van der Waals surface area contributed by atoms with Crippen LogP contribution in [0.2, 0.25) is 0 Å². The van der Waals surface area contributed by atoms with E-state index in [9.17, 15) is 35.1 Å². The van der Waals surface area contributed by atoms with E-state index in [4.69, 9.17) is 14.2 Å². The molecule has 7 atom stereocenters. The Labute approximate surface area is 509 Å². The summed E-state index contributed by atoms with van der Waals surface area (Å²) in [5.74, 6) is -0.210. The van der Waals surface area contributed by atoms with Crippen molar-refractivity contribution in [1.82, 2.24) is 5.32 Å². The van der Waals surface area contributed by atoms with Gasteiger partial charge in [0.25, 0.3) is 0 Å². The number of aliphatic hydroxyl groups excluding tert-OH is 5. The molecule has 11 heteroatoms. The molecule has 0 aromatic carbocycles. The highest BCUT2D eigenvalue weighted by Gasteiger charge is 2.44.